The van der Waals surface area contributed by atoms with Crippen LogP contribution in [0.25, 0.3) is 0 Å². The first-order valence-electron chi connectivity index (χ1n) is 7.18. The van der Waals surface area contributed by atoms with E-state index in [1.54, 1.807) is 0 Å². The monoisotopic (exact) mass is 260 g/mol. The van der Waals surface area contributed by atoms with Crippen LogP contribution in [0.2, 0.25) is 0 Å². The van der Waals surface area contributed by atoms with E-state index in [0.717, 1.165) is 30.6 Å². The van der Waals surface area contributed by atoms with Crippen LogP contribution in [-0.4, -0.2) is 36.4 Å². The molecular formula is C15H24N4. The van der Waals surface area contributed by atoms with E-state index in [0.29, 0.717) is 5.41 Å². The van der Waals surface area contributed by atoms with Gasteiger partial charge in [0.1, 0.15) is 0 Å². The molecule has 1 saturated heterocycles. The molecule has 4 nitrogen and oxygen atoms in total. The van der Waals surface area contributed by atoms with Gasteiger partial charge in [-0.05, 0) is 32.0 Å². The van der Waals surface area contributed by atoms with Crippen LogP contribution in [0.1, 0.15) is 39.3 Å². The maximum atomic E-state index is 4.39. The van der Waals surface area contributed by atoms with Gasteiger partial charge in [0.05, 0.1) is 5.69 Å². The van der Waals surface area contributed by atoms with E-state index >= 15 is 0 Å². The van der Waals surface area contributed by atoms with Crippen LogP contribution in [0.5, 0.6) is 0 Å². The van der Waals surface area contributed by atoms with Gasteiger partial charge in [-0.1, -0.05) is 20.8 Å². The van der Waals surface area contributed by atoms with E-state index < -0.39 is 0 Å². The summed E-state index contributed by atoms with van der Waals surface area (Å²) < 4.78 is 0. The normalized spacial score (nSPS) is 22.2. The summed E-state index contributed by atoms with van der Waals surface area (Å²) in [7, 11) is 2.06. The van der Waals surface area contributed by atoms with Gasteiger partial charge in [0.25, 0.3) is 0 Å². The van der Waals surface area contributed by atoms with Crippen molar-refractivity contribution in [1.29, 1.82) is 0 Å². The topological polar surface area (TPSA) is 41.0 Å². The summed E-state index contributed by atoms with van der Waals surface area (Å²) in [5, 5.41) is 12.1. The van der Waals surface area contributed by atoms with E-state index in [4.69, 9.17) is 0 Å². The standard InChI is InChI=1S/C15H24N4/c1-14(2,3)12-5-6-13(18-17-12)19-9-15(10-19)7-11(8-15)16-4/h5-6,11,16H,7-10H2,1-4H3. The first-order chi connectivity index (χ1) is 8.92. The smallest absolute Gasteiger partial charge is 0.151 e. The number of hydrogen-bond donors (Lipinski definition) is 1. The third-order valence-electron chi connectivity index (χ3n) is 4.56. The van der Waals surface area contributed by atoms with Crippen molar-refractivity contribution in [2.45, 2.75) is 45.1 Å². The second-order valence-electron chi connectivity index (χ2n) is 7.28. The van der Waals surface area contributed by atoms with Crippen LogP contribution >= 0.6 is 0 Å². The fourth-order valence-electron chi connectivity index (χ4n) is 3.27. The fraction of sp³-hybridized carbons (Fsp3) is 0.733. The van der Waals surface area contributed by atoms with Crippen molar-refractivity contribution in [2.24, 2.45) is 5.41 Å². The Kier molecular flexibility index (Phi) is 2.82. The Hall–Kier alpha value is -1.16. The molecule has 2 fully saturated rings. The molecule has 2 aliphatic rings. The highest BCUT2D eigenvalue weighted by Gasteiger charge is 2.52. The lowest BCUT2D eigenvalue weighted by Gasteiger charge is -2.59. The first-order valence-corrected chi connectivity index (χ1v) is 7.18. The lowest BCUT2D eigenvalue weighted by atomic mass is 9.60. The first kappa shape index (κ1) is 12.9. The van der Waals surface area contributed by atoms with Gasteiger partial charge in [-0.2, -0.15) is 5.10 Å². The second-order valence-corrected chi connectivity index (χ2v) is 7.28. The average molecular weight is 260 g/mol. The molecule has 1 aliphatic carbocycles. The molecule has 0 radical (unpaired) electrons. The molecule has 1 aromatic heterocycles. The second kappa shape index (κ2) is 4.17. The molecule has 0 atom stereocenters. The summed E-state index contributed by atoms with van der Waals surface area (Å²) >= 11 is 0. The Morgan fingerprint density at radius 1 is 1.21 bits per heavy atom. The summed E-state index contributed by atoms with van der Waals surface area (Å²) in [4.78, 5) is 2.35. The molecule has 2 heterocycles. The van der Waals surface area contributed by atoms with E-state index in [2.05, 4.69) is 60.4 Å². The summed E-state index contributed by atoms with van der Waals surface area (Å²) in [5.74, 6) is 1.03. The van der Waals surface area contributed by atoms with Gasteiger partial charge in [0.15, 0.2) is 5.82 Å². The van der Waals surface area contributed by atoms with Gasteiger partial charge in [-0.15, -0.1) is 5.10 Å². The van der Waals surface area contributed by atoms with Gasteiger partial charge in [0.2, 0.25) is 0 Å². The molecule has 1 saturated carbocycles. The third kappa shape index (κ3) is 2.22. The van der Waals surface area contributed by atoms with Crippen molar-refractivity contribution in [2.75, 3.05) is 25.0 Å². The SMILES string of the molecule is CNC1CC2(C1)CN(c1ccc(C(C)(C)C)nn1)C2. The van der Waals surface area contributed by atoms with Crippen molar-refractivity contribution in [3.8, 4) is 0 Å². The molecule has 0 bridgehead atoms. The number of nitrogens with one attached hydrogen (secondary N) is 1. The lowest BCUT2D eigenvalue weighted by molar-refractivity contribution is 0.0514. The molecule has 1 aromatic rings. The Balaban J connectivity index is 1.61. The molecule has 19 heavy (non-hydrogen) atoms. The molecule has 1 N–H and O–H groups in total. The van der Waals surface area contributed by atoms with Crippen LogP contribution in [0.15, 0.2) is 12.1 Å². The van der Waals surface area contributed by atoms with Crippen molar-refractivity contribution >= 4 is 5.82 Å². The Morgan fingerprint density at radius 2 is 1.89 bits per heavy atom. The van der Waals surface area contributed by atoms with E-state index in [-0.39, 0.29) is 5.41 Å². The molecular weight excluding hydrogens is 236 g/mol. The van der Waals surface area contributed by atoms with Gasteiger partial charge < -0.3 is 10.2 Å². The van der Waals surface area contributed by atoms with Gasteiger partial charge in [-0.25, -0.2) is 0 Å². The predicted octanol–water partition coefficient (Wildman–Crippen LogP) is 1.96. The molecule has 3 rings (SSSR count). The van der Waals surface area contributed by atoms with Gasteiger partial charge in [0, 0.05) is 30.0 Å². The average Bonchev–Trinajstić information content (AvgIpc) is 2.25. The zero-order chi connectivity index (χ0) is 13.7. The minimum absolute atomic E-state index is 0.0791. The molecule has 0 unspecified atom stereocenters. The highest BCUT2D eigenvalue weighted by molar-refractivity contribution is 5.43. The Morgan fingerprint density at radius 3 is 2.37 bits per heavy atom. The fourth-order valence-corrected chi connectivity index (χ4v) is 3.27. The molecule has 0 aromatic carbocycles. The van der Waals surface area contributed by atoms with E-state index in [1.165, 1.54) is 12.8 Å². The maximum Gasteiger partial charge on any atom is 0.151 e. The van der Waals surface area contributed by atoms with Crippen LogP contribution in [0.3, 0.4) is 0 Å². The summed E-state index contributed by atoms with van der Waals surface area (Å²) in [6, 6.07) is 4.97. The van der Waals surface area contributed by atoms with Gasteiger partial charge >= 0.3 is 0 Å². The van der Waals surface area contributed by atoms with Crippen LogP contribution in [0.4, 0.5) is 5.82 Å². The van der Waals surface area contributed by atoms with Crippen LogP contribution in [-0.2, 0) is 5.41 Å². The molecule has 1 spiro atoms. The van der Waals surface area contributed by atoms with Crippen LogP contribution < -0.4 is 10.2 Å². The number of rotatable bonds is 2. The summed E-state index contributed by atoms with van der Waals surface area (Å²) in [6.07, 6.45) is 2.63. The highest BCUT2D eigenvalue weighted by Crippen LogP contribution is 2.49. The number of aromatic nitrogens is 2. The maximum absolute atomic E-state index is 4.39. The predicted molar refractivity (Wildman–Crippen MR) is 77.5 cm³/mol. The number of nitrogens with zero attached hydrogens (tertiary/aromatic N) is 3. The lowest BCUT2D eigenvalue weighted by Crippen LogP contribution is -2.66. The zero-order valence-electron chi connectivity index (χ0n) is 12.4. The van der Waals surface area contributed by atoms with Crippen molar-refractivity contribution in [1.82, 2.24) is 15.5 Å². The highest BCUT2D eigenvalue weighted by atomic mass is 15.3. The largest absolute Gasteiger partial charge is 0.354 e. The Bertz CT molecular complexity index is 446. The molecule has 0 amide bonds. The van der Waals surface area contributed by atoms with Crippen molar-refractivity contribution in [3.63, 3.8) is 0 Å². The van der Waals surface area contributed by atoms with E-state index in [9.17, 15) is 0 Å². The van der Waals surface area contributed by atoms with Crippen LogP contribution in [0, 0.1) is 5.41 Å². The third-order valence-corrected chi connectivity index (χ3v) is 4.56. The molecule has 1 aliphatic heterocycles. The summed E-state index contributed by atoms with van der Waals surface area (Å²) in [5.41, 5.74) is 1.71. The minimum atomic E-state index is 0.0791. The quantitative estimate of drug-likeness (QED) is 0.882. The summed E-state index contributed by atoms with van der Waals surface area (Å²) in [6.45, 7) is 8.80. The van der Waals surface area contributed by atoms with Crippen molar-refractivity contribution < 1.29 is 0 Å². The zero-order valence-corrected chi connectivity index (χ0v) is 12.4. The number of anilines is 1. The Labute approximate surface area is 115 Å². The number of hydrogen-bond acceptors (Lipinski definition) is 4. The molecule has 4 heteroatoms. The minimum Gasteiger partial charge on any atom is -0.354 e. The van der Waals surface area contributed by atoms with E-state index in [1.807, 2.05) is 0 Å². The van der Waals surface area contributed by atoms with Gasteiger partial charge in [-0.3, -0.25) is 0 Å². The van der Waals surface area contributed by atoms with Crippen molar-refractivity contribution in [3.05, 3.63) is 17.8 Å². The molecule has 104 valence electrons.